The van der Waals surface area contributed by atoms with Crippen LogP contribution in [-0.2, 0) is 10.0 Å². The first-order valence-corrected chi connectivity index (χ1v) is 10.4. The first-order chi connectivity index (χ1) is 14.4. The molecule has 5 rings (SSSR count). The summed E-state index contributed by atoms with van der Waals surface area (Å²) in [5, 5.41) is 0. The number of fused-ring (bicyclic) bond motifs is 3. The number of ether oxygens (including phenoxy) is 3. The minimum atomic E-state index is -3.97. The lowest BCUT2D eigenvalue weighted by atomic mass is 10.2. The Labute approximate surface area is 171 Å². The van der Waals surface area contributed by atoms with E-state index in [0.717, 1.165) is 0 Å². The molecule has 2 aliphatic heterocycles. The maximum absolute atomic E-state index is 12.9. The summed E-state index contributed by atoms with van der Waals surface area (Å²) in [6, 6.07) is 12.2. The van der Waals surface area contributed by atoms with Gasteiger partial charge >= 0.3 is 0 Å². The number of carbonyl (C=O) groups excluding carboxylic acids is 1. The molecule has 0 bridgehead atoms. The summed E-state index contributed by atoms with van der Waals surface area (Å²) < 4.78 is 44.6. The summed E-state index contributed by atoms with van der Waals surface area (Å²) in [7, 11) is -2.42. The Kier molecular flexibility index (Phi) is 4.03. The number of nitrogens with one attached hydrogen (secondary N) is 1. The van der Waals surface area contributed by atoms with Gasteiger partial charge in [0.1, 0.15) is 5.75 Å². The van der Waals surface area contributed by atoms with Crippen molar-refractivity contribution < 1.29 is 27.4 Å². The van der Waals surface area contributed by atoms with Crippen molar-refractivity contribution in [3.05, 3.63) is 60.3 Å². The number of carbonyl (C=O) groups is 1. The first kappa shape index (κ1) is 18.3. The summed E-state index contributed by atoms with van der Waals surface area (Å²) in [5.74, 6) is 1.57. The summed E-state index contributed by atoms with van der Waals surface area (Å²) >= 11 is 0. The molecule has 0 saturated carbocycles. The number of sulfonamides is 1. The van der Waals surface area contributed by atoms with Gasteiger partial charge in [0.2, 0.25) is 6.79 Å². The fourth-order valence-electron chi connectivity index (χ4n) is 3.22. The fourth-order valence-corrected chi connectivity index (χ4v) is 4.29. The van der Waals surface area contributed by atoms with Gasteiger partial charge < -0.3 is 14.2 Å². The van der Waals surface area contributed by atoms with E-state index < -0.39 is 15.9 Å². The fraction of sp³-hybridized carbons (Fsp3) is 0.100. The molecular weight excluding hydrogens is 410 g/mol. The highest BCUT2D eigenvalue weighted by Gasteiger charge is 2.28. The molecule has 2 aromatic carbocycles. The smallest absolute Gasteiger partial charge is 0.263 e. The second-order valence-corrected chi connectivity index (χ2v) is 8.31. The number of aromatic nitrogens is 1. The van der Waals surface area contributed by atoms with Crippen molar-refractivity contribution in [1.82, 2.24) is 4.98 Å². The van der Waals surface area contributed by atoms with E-state index in [2.05, 4.69) is 9.71 Å². The first-order valence-electron chi connectivity index (χ1n) is 8.90. The van der Waals surface area contributed by atoms with Gasteiger partial charge in [-0.1, -0.05) is 0 Å². The third kappa shape index (κ3) is 2.98. The summed E-state index contributed by atoms with van der Waals surface area (Å²) in [4.78, 5) is 18.3. The highest BCUT2D eigenvalue weighted by molar-refractivity contribution is 7.92. The number of hydrogen-bond acceptors (Lipinski definition) is 7. The van der Waals surface area contributed by atoms with Gasteiger partial charge in [-0.25, -0.2) is 13.4 Å². The van der Waals surface area contributed by atoms with E-state index in [1.54, 1.807) is 37.5 Å². The van der Waals surface area contributed by atoms with Gasteiger partial charge in [0.05, 0.1) is 16.1 Å². The average molecular weight is 425 g/mol. The van der Waals surface area contributed by atoms with Crippen molar-refractivity contribution in [3.8, 4) is 23.0 Å². The molecule has 1 aromatic heterocycles. The van der Waals surface area contributed by atoms with E-state index in [1.165, 1.54) is 29.2 Å². The number of nitrogens with zero attached hydrogens (tertiary/aromatic N) is 2. The molecule has 3 aromatic rings. The van der Waals surface area contributed by atoms with Crippen LogP contribution >= 0.6 is 0 Å². The standard InChI is InChI=1S/C20H15N3O6S/c1-23-19-17(3-2-8-21-19)29-15-7-5-13(10-14(15)20(23)24)30(25,26)22-12-4-6-16-18(9-12)28-11-27-16/h2-10,22H,11H2,1H3. The number of pyridine rings is 1. The van der Waals surface area contributed by atoms with Crippen LogP contribution in [0.4, 0.5) is 11.5 Å². The van der Waals surface area contributed by atoms with Crippen LogP contribution < -0.4 is 23.8 Å². The third-order valence-electron chi connectivity index (χ3n) is 4.71. The van der Waals surface area contributed by atoms with Crippen LogP contribution in [0.3, 0.4) is 0 Å². The molecule has 3 heterocycles. The SMILES string of the molecule is CN1C(=O)c2cc(S(=O)(=O)Nc3ccc4c(c3)OCO4)ccc2Oc2cccnc21. The predicted octanol–water partition coefficient (Wildman–Crippen LogP) is 2.99. The lowest BCUT2D eigenvalue weighted by Gasteiger charge is -2.14. The van der Waals surface area contributed by atoms with Crippen molar-refractivity contribution in [2.45, 2.75) is 4.90 Å². The molecule has 0 saturated heterocycles. The second kappa shape index (κ2) is 6.63. The molecule has 30 heavy (non-hydrogen) atoms. The lowest BCUT2D eigenvalue weighted by molar-refractivity contribution is 0.0992. The molecule has 0 aliphatic carbocycles. The van der Waals surface area contributed by atoms with E-state index in [-0.39, 0.29) is 23.0 Å². The number of benzene rings is 2. The quantitative estimate of drug-likeness (QED) is 0.687. The van der Waals surface area contributed by atoms with Crippen LogP contribution in [0.25, 0.3) is 0 Å². The summed E-state index contributed by atoms with van der Waals surface area (Å²) in [6.45, 7) is 0.0865. The highest BCUT2D eigenvalue weighted by Crippen LogP contribution is 2.38. The van der Waals surface area contributed by atoms with Crippen LogP contribution in [0.5, 0.6) is 23.0 Å². The van der Waals surface area contributed by atoms with Crippen LogP contribution in [0, 0.1) is 0 Å². The van der Waals surface area contributed by atoms with Crippen LogP contribution in [0.1, 0.15) is 10.4 Å². The molecule has 0 radical (unpaired) electrons. The average Bonchev–Trinajstić information content (AvgIpc) is 3.17. The topological polar surface area (TPSA) is 107 Å². The number of rotatable bonds is 3. The molecule has 0 spiro atoms. The molecule has 0 unspecified atom stereocenters. The van der Waals surface area contributed by atoms with E-state index >= 15 is 0 Å². The molecular formula is C20H15N3O6S. The zero-order valence-electron chi connectivity index (χ0n) is 15.7. The van der Waals surface area contributed by atoms with Crippen molar-refractivity contribution in [3.63, 3.8) is 0 Å². The van der Waals surface area contributed by atoms with Gasteiger partial charge in [0, 0.05) is 19.3 Å². The zero-order valence-corrected chi connectivity index (χ0v) is 16.5. The summed E-state index contributed by atoms with van der Waals surface area (Å²) in [5.41, 5.74) is 0.426. The molecule has 0 atom stereocenters. The van der Waals surface area contributed by atoms with Crippen molar-refractivity contribution in [1.29, 1.82) is 0 Å². The molecule has 1 N–H and O–H groups in total. The van der Waals surface area contributed by atoms with Crippen molar-refractivity contribution >= 4 is 27.4 Å². The Balaban J connectivity index is 1.50. The van der Waals surface area contributed by atoms with Crippen molar-refractivity contribution in [2.24, 2.45) is 0 Å². The number of hydrogen-bond donors (Lipinski definition) is 1. The highest BCUT2D eigenvalue weighted by atomic mass is 32.2. The number of amides is 1. The predicted molar refractivity (Wildman–Crippen MR) is 107 cm³/mol. The minimum Gasteiger partial charge on any atom is -0.454 e. The number of anilines is 2. The van der Waals surface area contributed by atoms with E-state index in [0.29, 0.717) is 28.8 Å². The molecule has 0 fully saturated rings. The van der Waals surface area contributed by atoms with Gasteiger partial charge in [-0.15, -0.1) is 0 Å². The van der Waals surface area contributed by atoms with E-state index in [9.17, 15) is 13.2 Å². The largest absolute Gasteiger partial charge is 0.454 e. The van der Waals surface area contributed by atoms with Gasteiger partial charge in [-0.05, 0) is 42.5 Å². The lowest BCUT2D eigenvalue weighted by Crippen LogP contribution is -2.26. The van der Waals surface area contributed by atoms with Gasteiger partial charge in [-0.2, -0.15) is 0 Å². The third-order valence-corrected chi connectivity index (χ3v) is 6.09. The molecule has 10 heteroatoms. The van der Waals surface area contributed by atoms with Gasteiger partial charge in [0.25, 0.3) is 15.9 Å². The molecule has 9 nitrogen and oxygen atoms in total. The minimum absolute atomic E-state index is 0.0804. The van der Waals surface area contributed by atoms with Gasteiger partial charge in [0.15, 0.2) is 23.1 Å². The van der Waals surface area contributed by atoms with E-state index in [1.807, 2.05) is 0 Å². The molecule has 2 aliphatic rings. The maximum atomic E-state index is 12.9. The van der Waals surface area contributed by atoms with Gasteiger partial charge in [-0.3, -0.25) is 14.4 Å². The summed E-state index contributed by atoms with van der Waals surface area (Å²) in [6.07, 6.45) is 1.55. The Bertz CT molecular complexity index is 1290. The van der Waals surface area contributed by atoms with Crippen molar-refractivity contribution in [2.75, 3.05) is 23.5 Å². The van der Waals surface area contributed by atoms with Crippen LogP contribution in [-0.4, -0.2) is 33.1 Å². The Hall–Kier alpha value is -3.79. The van der Waals surface area contributed by atoms with Crippen LogP contribution in [0.15, 0.2) is 59.6 Å². The maximum Gasteiger partial charge on any atom is 0.263 e. The molecule has 152 valence electrons. The second-order valence-electron chi connectivity index (χ2n) is 6.62. The van der Waals surface area contributed by atoms with Crippen LogP contribution in [0.2, 0.25) is 0 Å². The monoisotopic (exact) mass is 425 g/mol. The zero-order chi connectivity index (χ0) is 20.9. The Morgan fingerprint density at radius 2 is 1.80 bits per heavy atom. The molecule has 1 amide bonds. The normalized spacial score (nSPS) is 14.4. The Morgan fingerprint density at radius 1 is 1.00 bits per heavy atom. The van der Waals surface area contributed by atoms with E-state index in [4.69, 9.17) is 14.2 Å². The Morgan fingerprint density at radius 3 is 2.67 bits per heavy atom.